The second-order valence-corrected chi connectivity index (χ2v) is 5.70. The molecule has 4 heterocycles. The molecule has 3 aromatic rings. The van der Waals surface area contributed by atoms with Crippen LogP contribution >= 0.6 is 0 Å². The van der Waals surface area contributed by atoms with Crippen molar-refractivity contribution in [2.45, 2.75) is 39.3 Å². The van der Waals surface area contributed by atoms with Gasteiger partial charge in [-0.15, -0.1) is 0 Å². The monoisotopic (exact) mass is 298 g/mol. The molecule has 1 unspecified atom stereocenters. The summed E-state index contributed by atoms with van der Waals surface area (Å²) in [5.74, 6) is 2.22. The van der Waals surface area contributed by atoms with Crippen LogP contribution in [0.25, 0.3) is 11.2 Å². The lowest BCUT2D eigenvalue weighted by Gasteiger charge is -2.25. The summed E-state index contributed by atoms with van der Waals surface area (Å²) in [6.45, 7) is 5.56. The van der Waals surface area contributed by atoms with Crippen LogP contribution < -0.4 is 4.90 Å². The fraction of sp³-hybridized carbons (Fsp3) is 0.467. The van der Waals surface area contributed by atoms with Gasteiger partial charge in [0.05, 0.1) is 12.6 Å². The van der Waals surface area contributed by atoms with Crippen molar-refractivity contribution >= 4 is 17.0 Å². The number of rotatable bonds is 3. The molecule has 114 valence electrons. The molecule has 0 amide bonds. The van der Waals surface area contributed by atoms with Gasteiger partial charge in [0.2, 0.25) is 0 Å². The normalized spacial score (nSPS) is 18.5. The number of hydrogen-bond acceptors (Lipinski definition) is 6. The SMILES string of the molecule is Cc1nc(N2CCCC2Cn2cccn2)c2nc(C)oc2n1. The molecule has 22 heavy (non-hydrogen) atoms. The third kappa shape index (κ3) is 2.22. The van der Waals surface area contributed by atoms with Gasteiger partial charge < -0.3 is 9.32 Å². The van der Waals surface area contributed by atoms with Gasteiger partial charge in [-0.3, -0.25) is 4.68 Å². The fourth-order valence-corrected chi connectivity index (χ4v) is 3.14. The summed E-state index contributed by atoms with van der Waals surface area (Å²) >= 11 is 0. The smallest absolute Gasteiger partial charge is 0.252 e. The van der Waals surface area contributed by atoms with Crippen LogP contribution in [0, 0.1) is 13.8 Å². The Hall–Kier alpha value is -2.44. The molecular formula is C15H18N6O. The van der Waals surface area contributed by atoms with Crippen molar-refractivity contribution in [2.24, 2.45) is 0 Å². The van der Waals surface area contributed by atoms with Crippen molar-refractivity contribution in [1.82, 2.24) is 24.7 Å². The topological polar surface area (TPSA) is 72.9 Å². The summed E-state index contributed by atoms with van der Waals surface area (Å²) in [6.07, 6.45) is 6.08. The van der Waals surface area contributed by atoms with Gasteiger partial charge in [-0.1, -0.05) is 0 Å². The third-order valence-electron chi connectivity index (χ3n) is 4.07. The van der Waals surface area contributed by atoms with Gasteiger partial charge >= 0.3 is 0 Å². The van der Waals surface area contributed by atoms with E-state index in [0.717, 1.165) is 37.3 Å². The van der Waals surface area contributed by atoms with Crippen LogP contribution in [0.1, 0.15) is 24.6 Å². The average molecular weight is 298 g/mol. The molecule has 0 radical (unpaired) electrons. The van der Waals surface area contributed by atoms with Gasteiger partial charge in [0.25, 0.3) is 5.71 Å². The Morgan fingerprint density at radius 2 is 2.18 bits per heavy atom. The highest BCUT2D eigenvalue weighted by atomic mass is 16.4. The van der Waals surface area contributed by atoms with Crippen molar-refractivity contribution in [3.63, 3.8) is 0 Å². The first-order valence-corrected chi connectivity index (χ1v) is 7.56. The molecule has 0 aliphatic carbocycles. The minimum Gasteiger partial charge on any atom is -0.422 e. The number of aryl methyl sites for hydroxylation is 2. The molecule has 0 N–H and O–H groups in total. The number of aromatic nitrogens is 5. The average Bonchev–Trinajstić information content (AvgIpc) is 3.18. The summed E-state index contributed by atoms with van der Waals surface area (Å²) in [5.41, 5.74) is 1.33. The maximum absolute atomic E-state index is 5.58. The fourth-order valence-electron chi connectivity index (χ4n) is 3.14. The maximum atomic E-state index is 5.58. The summed E-state index contributed by atoms with van der Waals surface area (Å²) in [4.78, 5) is 15.8. The largest absolute Gasteiger partial charge is 0.422 e. The van der Waals surface area contributed by atoms with Crippen LogP contribution in [0.5, 0.6) is 0 Å². The van der Waals surface area contributed by atoms with E-state index in [1.54, 1.807) is 0 Å². The zero-order valence-electron chi connectivity index (χ0n) is 12.7. The van der Waals surface area contributed by atoms with Gasteiger partial charge in [0.1, 0.15) is 5.82 Å². The zero-order valence-corrected chi connectivity index (χ0v) is 12.7. The molecule has 1 saturated heterocycles. The van der Waals surface area contributed by atoms with Crippen LogP contribution in [0.4, 0.5) is 5.82 Å². The second-order valence-electron chi connectivity index (χ2n) is 5.70. The summed E-state index contributed by atoms with van der Waals surface area (Å²) in [7, 11) is 0. The van der Waals surface area contributed by atoms with E-state index in [0.29, 0.717) is 23.5 Å². The summed E-state index contributed by atoms with van der Waals surface area (Å²) < 4.78 is 7.56. The molecule has 7 heteroatoms. The van der Waals surface area contributed by atoms with Crippen LogP contribution in [0.15, 0.2) is 22.9 Å². The van der Waals surface area contributed by atoms with E-state index < -0.39 is 0 Å². The molecule has 0 saturated carbocycles. The van der Waals surface area contributed by atoms with Crippen molar-refractivity contribution in [1.29, 1.82) is 0 Å². The van der Waals surface area contributed by atoms with Gasteiger partial charge in [-0.25, -0.2) is 9.97 Å². The first-order chi connectivity index (χ1) is 10.7. The molecule has 1 aliphatic heterocycles. The number of anilines is 1. The Morgan fingerprint density at radius 3 is 3.00 bits per heavy atom. The predicted octanol–water partition coefficient (Wildman–Crippen LogP) is 2.10. The van der Waals surface area contributed by atoms with Crippen molar-refractivity contribution in [2.75, 3.05) is 11.4 Å². The van der Waals surface area contributed by atoms with E-state index in [2.05, 4.69) is 25.0 Å². The Labute approximate surface area is 128 Å². The third-order valence-corrected chi connectivity index (χ3v) is 4.07. The van der Waals surface area contributed by atoms with Crippen molar-refractivity contribution < 1.29 is 4.42 Å². The van der Waals surface area contributed by atoms with E-state index >= 15 is 0 Å². The van der Waals surface area contributed by atoms with Gasteiger partial charge in [0.15, 0.2) is 17.2 Å². The van der Waals surface area contributed by atoms with Gasteiger partial charge in [0, 0.05) is 25.9 Å². The van der Waals surface area contributed by atoms with Gasteiger partial charge in [-0.05, 0) is 25.8 Å². The maximum Gasteiger partial charge on any atom is 0.252 e. The highest BCUT2D eigenvalue weighted by molar-refractivity contribution is 5.82. The summed E-state index contributed by atoms with van der Waals surface area (Å²) in [6, 6.07) is 2.32. The van der Waals surface area contributed by atoms with Crippen molar-refractivity contribution in [3.05, 3.63) is 30.2 Å². The van der Waals surface area contributed by atoms with E-state index in [1.165, 1.54) is 0 Å². The quantitative estimate of drug-likeness (QED) is 0.737. The Balaban J connectivity index is 1.73. The van der Waals surface area contributed by atoms with Crippen LogP contribution in [0.2, 0.25) is 0 Å². The lowest BCUT2D eigenvalue weighted by molar-refractivity contribution is 0.507. The molecular weight excluding hydrogens is 280 g/mol. The van der Waals surface area contributed by atoms with Crippen LogP contribution in [-0.2, 0) is 6.54 Å². The van der Waals surface area contributed by atoms with Crippen LogP contribution in [0.3, 0.4) is 0 Å². The number of nitrogens with zero attached hydrogens (tertiary/aromatic N) is 6. The van der Waals surface area contributed by atoms with E-state index in [4.69, 9.17) is 4.42 Å². The second kappa shape index (κ2) is 5.08. The van der Waals surface area contributed by atoms with E-state index in [9.17, 15) is 0 Å². The lowest BCUT2D eigenvalue weighted by Crippen LogP contribution is -2.34. The highest BCUT2D eigenvalue weighted by Crippen LogP contribution is 2.30. The lowest BCUT2D eigenvalue weighted by atomic mass is 10.2. The Bertz CT molecular complexity index is 794. The Kier molecular flexibility index (Phi) is 3.06. The minimum absolute atomic E-state index is 0.370. The molecule has 1 fully saturated rings. The van der Waals surface area contributed by atoms with Gasteiger partial charge in [-0.2, -0.15) is 10.1 Å². The predicted molar refractivity (Wildman–Crippen MR) is 81.7 cm³/mol. The van der Waals surface area contributed by atoms with Crippen LogP contribution in [-0.4, -0.2) is 37.3 Å². The zero-order chi connectivity index (χ0) is 15.1. The highest BCUT2D eigenvalue weighted by Gasteiger charge is 2.29. The molecule has 7 nitrogen and oxygen atoms in total. The molecule has 0 aromatic carbocycles. The first kappa shape index (κ1) is 13.2. The number of oxazole rings is 1. The number of fused-ring (bicyclic) bond motifs is 1. The first-order valence-electron chi connectivity index (χ1n) is 7.56. The standard InChI is InChI=1S/C15H18N6O/c1-10-17-14(13-15(18-10)22-11(2)19-13)21-8-3-5-12(21)9-20-7-4-6-16-20/h4,6-7,12H,3,5,8-9H2,1-2H3. The Morgan fingerprint density at radius 1 is 1.27 bits per heavy atom. The minimum atomic E-state index is 0.370. The molecule has 0 bridgehead atoms. The molecule has 0 spiro atoms. The van der Waals surface area contributed by atoms with Crippen molar-refractivity contribution in [3.8, 4) is 0 Å². The molecule has 1 atom stereocenters. The molecule has 4 rings (SSSR count). The van der Waals surface area contributed by atoms with E-state index in [-0.39, 0.29) is 0 Å². The molecule has 1 aliphatic rings. The number of hydrogen-bond donors (Lipinski definition) is 0. The summed E-state index contributed by atoms with van der Waals surface area (Å²) in [5, 5.41) is 4.31. The molecule has 3 aromatic heterocycles. The van der Waals surface area contributed by atoms with E-state index in [1.807, 2.05) is 37.0 Å².